The van der Waals surface area contributed by atoms with Crippen LogP contribution in [0, 0.1) is 17.2 Å². The van der Waals surface area contributed by atoms with Crippen LogP contribution in [0.4, 0.5) is 0 Å². The number of piperidine rings is 1. The van der Waals surface area contributed by atoms with Gasteiger partial charge in [0.2, 0.25) is 0 Å². The normalized spacial score (nSPS) is 32.5. The van der Waals surface area contributed by atoms with Crippen LogP contribution < -0.4 is 0 Å². The van der Waals surface area contributed by atoms with Crippen molar-refractivity contribution < 1.29 is 0 Å². The van der Waals surface area contributed by atoms with Gasteiger partial charge in [0, 0.05) is 19.1 Å². The number of hydrogen-bond acceptors (Lipinski definition) is 2. The van der Waals surface area contributed by atoms with E-state index in [1.165, 1.54) is 12.8 Å². The first-order valence-electron chi connectivity index (χ1n) is 4.91. The third kappa shape index (κ3) is 3.17. The standard InChI is InChI=1S/C10H17ClN2/c1-8-3-4-9(2)13(6-8)7-10(11)5-12/h8-10H,3-4,6-7H2,1-2H3. The number of nitriles is 1. The predicted molar refractivity (Wildman–Crippen MR) is 54.7 cm³/mol. The van der Waals surface area contributed by atoms with Gasteiger partial charge in [-0.25, -0.2) is 0 Å². The van der Waals surface area contributed by atoms with Crippen molar-refractivity contribution in [1.29, 1.82) is 5.26 Å². The zero-order valence-electron chi connectivity index (χ0n) is 8.33. The van der Waals surface area contributed by atoms with Gasteiger partial charge in [-0.05, 0) is 25.7 Å². The van der Waals surface area contributed by atoms with E-state index in [1.54, 1.807) is 0 Å². The first-order chi connectivity index (χ1) is 6.13. The maximum absolute atomic E-state index is 8.61. The van der Waals surface area contributed by atoms with Gasteiger partial charge in [-0.1, -0.05) is 6.92 Å². The second-order valence-electron chi connectivity index (χ2n) is 4.08. The molecule has 1 aliphatic rings. The number of alkyl halides is 1. The minimum Gasteiger partial charge on any atom is -0.298 e. The first kappa shape index (κ1) is 10.8. The van der Waals surface area contributed by atoms with Gasteiger partial charge >= 0.3 is 0 Å². The number of nitrogens with zero attached hydrogens (tertiary/aromatic N) is 2. The van der Waals surface area contributed by atoms with Crippen LogP contribution in [0.15, 0.2) is 0 Å². The highest BCUT2D eigenvalue weighted by Gasteiger charge is 2.24. The Labute approximate surface area is 85.5 Å². The topological polar surface area (TPSA) is 27.0 Å². The summed E-state index contributed by atoms with van der Waals surface area (Å²) >= 11 is 5.81. The highest BCUT2D eigenvalue weighted by molar-refractivity contribution is 6.22. The van der Waals surface area contributed by atoms with Crippen LogP contribution in [0.2, 0.25) is 0 Å². The number of halogens is 1. The molecule has 0 amide bonds. The highest BCUT2D eigenvalue weighted by atomic mass is 35.5. The van der Waals surface area contributed by atoms with Gasteiger partial charge in [0.05, 0.1) is 6.07 Å². The molecule has 0 aromatic rings. The van der Waals surface area contributed by atoms with Crippen molar-refractivity contribution in [3.05, 3.63) is 0 Å². The van der Waals surface area contributed by atoms with Crippen LogP contribution in [-0.2, 0) is 0 Å². The predicted octanol–water partition coefficient (Wildman–Crippen LogP) is 2.24. The lowest BCUT2D eigenvalue weighted by Crippen LogP contribution is -2.43. The Morgan fingerprint density at radius 2 is 2.23 bits per heavy atom. The Kier molecular flexibility index (Phi) is 4.02. The van der Waals surface area contributed by atoms with Crippen LogP contribution in [0.1, 0.15) is 26.7 Å². The van der Waals surface area contributed by atoms with Gasteiger partial charge in [0.25, 0.3) is 0 Å². The molecule has 0 spiro atoms. The van der Waals surface area contributed by atoms with Crippen LogP contribution in [0.3, 0.4) is 0 Å². The zero-order valence-corrected chi connectivity index (χ0v) is 9.09. The Morgan fingerprint density at radius 1 is 1.54 bits per heavy atom. The number of hydrogen-bond donors (Lipinski definition) is 0. The second-order valence-corrected chi connectivity index (χ2v) is 4.61. The molecule has 3 atom stereocenters. The highest BCUT2D eigenvalue weighted by Crippen LogP contribution is 2.21. The molecule has 0 bridgehead atoms. The molecule has 1 aliphatic heterocycles. The Hall–Kier alpha value is -0.260. The van der Waals surface area contributed by atoms with E-state index in [4.69, 9.17) is 16.9 Å². The van der Waals surface area contributed by atoms with Gasteiger partial charge in [-0.15, -0.1) is 11.6 Å². The van der Waals surface area contributed by atoms with Crippen LogP contribution in [0.25, 0.3) is 0 Å². The molecule has 74 valence electrons. The fourth-order valence-electron chi connectivity index (χ4n) is 1.88. The summed E-state index contributed by atoms with van der Waals surface area (Å²) in [5.74, 6) is 0.749. The van der Waals surface area contributed by atoms with Gasteiger partial charge in [0.1, 0.15) is 5.38 Å². The van der Waals surface area contributed by atoms with E-state index in [-0.39, 0.29) is 5.38 Å². The van der Waals surface area contributed by atoms with Crippen LogP contribution >= 0.6 is 11.6 Å². The Bertz CT molecular complexity index is 200. The average Bonchev–Trinajstić information content (AvgIpc) is 2.11. The molecule has 3 unspecified atom stereocenters. The Morgan fingerprint density at radius 3 is 2.85 bits per heavy atom. The maximum Gasteiger partial charge on any atom is 0.133 e. The SMILES string of the molecule is CC1CCC(C)N(CC(Cl)C#N)C1. The molecule has 1 heterocycles. The van der Waals surface area contributed by atoms with Crippen molar-refractivity contribution in [3.63, 3.8) is 0 Å². The maximum atomic E-state index is 8.61. The lowest BCUT2D eigenvalue weighted by Gasteiger charge is -2.36. The largest absolute Gasteiger partial charge is 0.298 e. The molecule has 2 nitrogen and oxygen atoms in total. The van der Waals surface area contributed by atoms with Crippen LogP contribution in [0.5, 0.6) is 0 Å². The van der Waals surface area contributed by atoms with E-state index >= 15 is 0 Å². The monoisotopic (exact) mass is 200 g/mol. The molecule has 3 heteroatoms. The van der Waals surface area contributed by atoms with E-state index in [0.29, 0.717) is 12.6 Å². The second kappa shape index (κ2) is 4.83. The molecule has 0 radical (unpaired) electrons. The summed E-state index contributed by atoms with van der Waals surface area (Å²) in [5, 5.41) is 8.26. The summed E-state index contributed by atoms with van der Waals surface area (Å²) < 4.78 is 0. The molecular weight excluding hydrogens is 184 g/mol. The summed E-state index contributed by atoms with van der Waals surface area (Å²) in [6.07, 6.45) is 2.54. The summed E-state index contributed by atoms with van der Waals surface area (Å²) in [6, 6.07) is 2.66. The fraction of sp³-hybridized carbons (Fsp3) is 0.900. The minimum absolute atomic E-state index is 0.354. The van der Waals surface area contributed by atoms with Gasteiger partial charge < -0.3 is 0 Å². The minimum atomic E-state index is -0.354. The van der Waals surface area contributed by atoms with Crippen molar-refractivity contribution in [1.82, 2.24) is 4.90 Å². The summed E-state index contributed by atoms with van der Waals surface area (Å²) in [7, 11) is 0. The molecule has 1 rings (SSSR count). The summed E-state index contributed by atoms with van der Waals surface area (Å²) in [4.78, 5) is 2.33. The molecule has 0 aromatic heterocycles. The van der Waals surface area contributed by atoms with Gasteiger partial charge in [0.15, 0.2) is 0 Å². The third-order valence-corrected chi connectivity index (χ3v) is 3.02. The molecule has 13 heavy (non-hydrogen) atoms. The van der Waals surface area contributed by atoms with E-state index in [2.05, 4.69) is 24.8 Å². The Balaban J connectivity index is 2.42. The smallest absolute Gasteiger partial charge is 0.133 e. The molecule has 0 N–H and O–H groups in total. The molecule has 1 fully saturated rings. The zero-order chi connectivity index (χ0) is 9.84. The van der Waals surface area contributed by atoms with Crippen molar-refractivity contribution >= 4 is 11.6 Å². The van der Waals surface area contributed by atoms with Crippen molar-refractivity contribution in [2.75, 3.05) is 13.1 Å². The van der Waals surface area contributed by atoms with Crippen molar-refractivity contribution in [2.45, 2.75) is 38.1 Å². The van der Waals surface area contributed by atoms with E-state index in [1.807, 2.05) is 0 Å². The number of rotatable bonds is 2. The first-order valence-corrected chi connectivity index (χ1v) is 5.35. The van der Waals surface area contributed by atoms with Crippen LogP contribution in [-0.4, -0.2) is 29.4 Å². The van der Waals surface area contributed by atoms with Crippen molar-refractivity contribution in [2.24, 2.45) is 5.92 Å². The third-order valence-electron chi connectivity index (χ3n) is 2.78. The van der Waals surface area contributed by atoms with Crippen molar-refractivity contribution in [3.8, 4) is 6.07 Å². The van der Waals surface area contributed by atoms with Gasteiger partial charge in [-0.2, -0.15) is 5.26 Å². The average molecular weight is 201 g/mol. The summed E-state index contributed by atoms with van der Waals surface area (Å²) in [6.45, 7) is 6.27. The lowest BCUT2D eigenvalue weighted by molar-refractivity contribution is 0.129. The molecule has 0 aliphatic carbocycles. The van der Waals surface area contributed by atoms with E-state index < -0.39 is 0 Å². The van der Waals surface area contributed by atoms with E-state index in [9.17, 15) is 0 Å². The quantitative estimate of drug-likeness (QED) is 0.640. The molecule has 0 aromatic carbocycles. The number of likely N-dealkylation sites (tertiary alicyclic amines) is 1. The molecular formula is C10H17ClN2. The van der Waals surface area contributed by atoms with Gasteiger partial charge in [-0.3, -0.25) is 4.90 Å². The fourth-order valence-corrected chi connectivity index (χ4v) is 2.06. The molecule has 0 saturated carbocycles. The lowest BCUT2D eigenvalue weighted by atomic mass is 9.95. The van der Waals surface area contributed by atoms with E-state index in [0.717, 1.165) is 12.5 Å². The summed E-state index contributed by atoms with van der Waals surface area (Å²) in [5.41, 5.74) is 0. The molecule has 1 saturated heterocycles.